The molecular formula is C10H22O5S. The molecule has 0 spiro atoms. The highest BCUT2D eigenvalue weighted by Gasteiger charge is 2.02. The largest absolute Gasteiger partial charge is 0.379 e. The third-order valence-corrected chi connectivity index (χ3v) is 2.76. The van der Waals surface area contributed by atoms with Crippen molar-refractivity contribution in [2.24, 2.45) is 0 Å². The van der Waals surface area contributed by atoms with E-state index in [2.05, 4.69) is 6.92 Å². The van der Waals surface area contributed by atoms with E-state index in [0.29, 0.717) is 32.7 Å². The lowest BCUT2D eigenvalue weighted by Gasteiger charge is -2.04. The molecule has 98 valence electrons. The van der Waals surface area contributed by atoms with Gasteiger partial charge in [-0.05, 0) is 19.3 Å². The van der Waals surface area contributed by atoms with Gasteiger partial charge in [0.2, 0.25) is 0 Å². The molecule has 0 amide bonds. The predicted octanol–water partition coefficient (Wildman–Crippen LogP) is 1.49. The van der Waals surface area contributed by atoms with Crippen molar-refractivity contribution in [3.8, 4) is 0 Å². The van der Waals surface area contributed by atoms with E-state index in [9.17, 15) is 8.42 Å². The first-order valence-electron chi connectivity index (χ1n) is 5.67. The summed E-state index contributed by atoms with van der Waals surface area (Å²) >= 11 is 0. The van der Waals surface area contributed by atoms with Crippen molar-refractivity contribution in [3.63, 3.8) is 0 Å². The summed E-state index contributed by atoms with van der Waals surface area (Å²) in [4.78, 5) is 0. The maximum Gasteiger partial charge on any atom is 0.264 e. The Balaban J connectivity index is 3.05. The van der Waals surface area contributed by atoms with E-state index in [1.165, 1.54) is 0 Å². The van der Waals surface area contributed by atoms with Gasteiger partial charge in [0.15, 0.2) is 0 Å². The van der Waals surface area contributed by atoms with Crippen molar-refractivity contribution >= 4 is 10.1 Å². The fourth-order valence-corrected chi connectivity index (χ4v) is 1.63. The first-order valence-corrected chi connectivity index (χ1v) is 7.28. The molecular weight excluding hydrogens is 232 g/mol. The van der Waals surface area contributed by atoms with Crippen LogP contribution < -0.4 is 0 Å². The minimum absolute atomic E-state index is 0.191. The fraction of sp³-hybridized carbons (Fsp3) is 1.00. The van der Waals surface area contributed by atoms with Crippen molar-refractivity contribution in [1.82, 2.24) is 0 Å². The summed E-state index contributed by atoms with van der Waals surface area (Å²) in [5.41, 5.74) is 0. The van der Waals surface area contributed by atoms with Crippen LogP contribution in [0.25, 0.3) is 0 Å². The molecule has 0 rings (SSSR count). The second-order valence-corrected chi connectivity index (χ2v) is 5.14. The average molecular weight is 254 g/mol. The third-order valence-electron chi connectivity index (χ3n) is 1.96. The zero-order valence-corrected chi connectivity index (χ0v) is 10.7. The smallest absolute Gasteiger partial charge is 0.264 e. The van der Waals surface area contributed by atoms with Crippen LogP contribution in [0.1, 0.15) is 32.6 Å². The summed E-state index contributed by atoms with van der Waals surface area (Å²) in [6.45, 7) is 4.50. The second-order valence-electron chi connectivity index (χ2n) is 3.57. The molecule has 0 aliphatic carbocycles. The van der Waals surface area contributed by atoms with E-state index in [1.54, 1.807) is 0 Å². The van der Waals surface area contributed by atoms with Gasteiger partial charge in [-0.1, -0.05) is 13.3 Å². The van der Waals surface area contributed by atoms with Gasteiger partial charge >= 0.3 is 0 Å². The van der Waals surface area contributed by atoms with Crippen molar-refractivity contribution in [1.29, 1.82) is 0 Å². The minimum Gasteiger partial charge on any atom is -0.379 e. The van der Waals surface area contributed by atoms with Gasteiger partial charge < -0.3 is 9.47 Å². The standard InChI is InChI=1S/C10H22O5S/c1-2-3-6-14-8-9-15-7-4-5-10-16(11,12)13/h2-10H2,1H3,(H,11,12,13). The molecule has 0 unspecified atom stereocenters. The molecule has 0 bridgehead atoms. The van der Waals surface area contributed by atoms with Gasteiger partial charge in [0.1, 0.15) is 0 Å². The van der Waals surface area contributed by atoms with Crippen LogP contribution in [0, 0.1) is 0 Å². The van der Waals surface area contributed by atoms with Gasteiger partial charge in [-0.25, -0.2) is 0 Å². The summed E-state index contributed by atoms with van der Waals surface area (Å²) in [5.74, 6) is -0.191. The Morgan fingerprint density at radius 3 is 2.00 bits per heavy atom. The molecule has 1 N–H and O–H groups in total. The van der Waals surface area contributed by atoms with Crippen molar-refractivity contribution in [2.45, 2.75) is 32.6 Å². The molecule has 16 heavy (non-hydrogen) atoms. The Morgan fingerprint density at radius 1 is 0.938 bits per heavy atom. The number of unbranched alkanes of at least 4 members (excludes halogenated alkanes) is 2. The summed E-state index contributed by atoms with van der Waals surface area (Å²) in [6.07, 6.45) is 3.25. The van der Waals surface area contributed by atoms with Crippen LogP contribution in [-0.2, 0) is 19.6 Å². The van der Waals surface area contributed by atoms with E-state index in [-0.39, 0.29) is 5.75 Å². The normalized spacial score (nSPS) is 11.9. The highest BCUT2D eigenvalue weighted by molar-refractivity contribution is 7.85. The van der Waals surface area contributed by atoms with Crippen molar-refractivity contribution < 1.29 is 22.4 Å². The number of ether oxygens (including phenoxy) is 2. The molecule has 0 atom stereocenters. The number of rotatable bonds is 11. The maximum absolute atomic E-state index is 10.4. The second kappa shape index (κ2) is 10.0. The molecule has 0 aliphatic rings. The highest BCUT2D eigenvalue weighted by Crippen LogP contribution is 1.95. The van der Waals surface area contributed by atoms with Crippen LogP contribution in [0.2, 0.25) is 0 Å². The zero-order chi connectivity index (χ0) is 12.3. The summed E-state index contributed by atoms with van der Waals surface area (Å²) in [5, 5.41) is 0. The topological polar surface area (TPSA) is 72.8 Å². The Hall–Kier alpha value is -0.170. The van der Waals surface area contributed by atoms with Gasteiger partial charge in [0.05, 0.1) is 19.0 Å². The minimum atomic E-state index is -3.81. The zero-order valence-electron chi connectivity index (χ0n) is 9.85. The molecule has 0 fully saturated rings. The molecule has 0 saturated carbocycles. The summed E-state index contributed by atoms with van der Waals surface area (Å²) < 4.78 is 39.7. The molecule has 0 heterocycles. The van der Waals surface area contributed by atoms with E-state index < -0.39 is 10.1 Å². The Bertz CT molecular complexity index is 238. The Labute approximate surface area is 97.9 Å². The van der Waals surface area contributed by atoms with Crippen LogP contribution in [0.15, 0.2) is 0 Å². The molecule has 0 aromatic rings. The molecule has 0 aliphatic heterocycles. The van der Waals surface area contributed by atoms with Crippen LogP contribution in [-0.4, -0.2) is 45.2 Å². The van der Waals surface area contributed by atoms with E-state index in [4.69, 9.17) is 14.0 Å². The number of hydrogen-bond acceptors (Lipinski definition) is 4. The number of hydrogen-bond donors (Lipinski definition) is 1. The maximum atomic E-state index is 10.4. The predicted molar refractivity (Wildman–Crippen MR) is 62.2 cm³/mol. The van der Waals surface area contributed by atoms with E-state index in [0.717, 1.165) is 19.4 Å². The molecule has 6 heteroatoms. The first-order chi connectivity index (χ1) is 7.56. The van der Waals surface area contributed by atoms with E-state index >= 15 is 0 Å². The van der Waals surface area contributed by atoms with Crippen LogP contribution >= 0.6 is 0 Å². The fourth-order valence-electron chi connectivity index (χ4n) is 1.06. The first kappa shape index (κ1) is 15.8. The third kappa shape index (κ3) is 13.8. The molecule has 0 aromatic carbocycles. The van der Waals surface area contributed by atoms with Crippen LogP contribution in [0.4, 0.5) is 0 Å². The van der Waals surface area contributed by atoms with Gasteiger partial charge in [0.25, 0.3) is 10.1 Å². The molecule has 5 nitrogen and oxygen atoms in total. The lowest BCUT2D eigenvalue weighted by Crippen LogP contribution is -2.08. The summed E-state index contributed by atoms with van der Waals surface area (Å²) in [6, 6.07) is 0. The van der Waals surface area contributed by atoms with E-state index in [1.807, 2.05) is 0 Å². The Morgan fingerprint density at radius 2 is 1.50 bits per heavy atom. The lowest BCUT2D eigenvalue weighted by molar-refractivity contribution is 0.0457. The van der Waals surface area contributed by atoms with Gasteiger partial charge in [-0.15, -0.1) is 0 Å². The van der Waals surface area contributed by atoms with Crippen LogP contribution in [0.3, 0.4) is 0 Å². The van der Waals surface area contributed by atoms with Gasteiger partial charge in [0, 0.05) is 13.2 Å². The quantitative estimate of drug-likeness (QED) is 0.446. The summed E-state index contributed by atoms with van der Waals surface area (Å²) in [7, 11) is -3.81. The van der Waals surface area contributed by atoms with Gasteiger partial charge in [-0.3, -0.25) is 4.55 Å². The average Bonchev–Trinajstić information content (AvgIpc) is 2.19. The highest BCUT2D eigenvalue weighted by atomic mass is 32.2. The van der Waals surface area contributed by atoms with Crippen molar-refractivity contribution in [3.05, 3.63) is 0 Å². The van der Waals surface area contributed by atoms with Crippen LogP contribution in [0.5, 0.6) is 0 Å². The Kier molecular flexibility index (Phi) is 9.91. The SMILES string of the molecule is CCCCOCCOCCCCS(=O)(=O)O. The van der Waals surface area contributed by atoms with Crippen molar-refractivity contribution in [2.75, 3.05) is 32.2 Å². The van der Waals surface area contributed by atoms with Gasteiger partial charge in [-0.2, -0.15) is 8.42 Å². The molecule has 0 radical (unpaired) electrons. The lowest BCUT2D eigenvalue weighted by atomic mass is 10.4. The molecule has 0 saturated heterocycles. The molecule has 0 aromatic heterocycles. The monoisotopic (exact) mass is 254 g/mol.